The number of alkyl halides is 1. The fraction of sp³-hybridized carbons (Fsp3) is 1.00. The maximum absolute atomic E-state index is 12.1. The molecule has 0 amide bonds. The van der Waals surface area contributed by atoms with Gasteiger partial charge in [-0.15, -0.1) is 0 Å². The average Bonchev–Trinajstić information content (AvgIpc) is 2.44. The van der Waals surface area contributed by atoms with Gasteiger partial charge in [-0.25, -0.2) is 0 Å². The van der Waals surface area contributed by atoms with Crippen LogP contribution in [0.2, 0.25) is 0 Å². The van der Waals surface area contributed by atoms with Crippen molar-refractivity contribution in [2.75, 3.05) is 6.67 Å². The summed E-state index contributed by atoms with van der Waals surface area (Å²) in [7, 11) is 0. The summed E-state index contributed by atoms with van der Waals surface area (Å²) in [5.41, 5.74) is 0.125. The summed E-state index contributed by atoms with van der Waals surface area (Å²) in [5.74, 6) is 0.549. The number of hydrogen-bond donors (Lipinski definition) is 0. The zero-order valence-corrected chi connectivity index (χ0v) is 5.58. The van der Waals surface area contributed by atoms with Crippen molar-refractivity contribution in [2.45, 2.75) is 26.7 Å². The molecule has 0 bridgehead atoms. The third-order valence-corrected chi connectivity index (χ3v) is 2.38. The van der Waals surface area contributed by atoms with Gasteiger partial charge in [-0.2, -0.15) is 0 Å². The van der Waals surface area contributed by atoms with Crippen LogP contribution in [0.25, 0.3) is 0 Å². The van der Waals surface area contributed by atoms with Crippen molar-refractivity contribution >= 4 is 0 Å². The topological polar surface area (TPSA) is 0 Å². The molecule has 0 aliphatic heterocycles. The molecule has 0 saturated heterocycles. The fourth-order valence-electron chi connectivity index (χ4n) is 1.03. The van der Waals surface area contributed by atoms with E-state index in [9.17, 15) is 4.39 Å². The monoisotopic (exact) mass is 116 g/mol. The molecule has 1 aliphatic carbocycles. The molecule has 48 valence electrons. The molecule has 0 aromatic heterocycles. The first-order valence-corrected chi connectivity index (χ1v) is 3.27. The Morgan fingerprint density at radius 3 is 2.00 bits per heavy atom. The van der Waals surface area contributed by atoms with E-state index in [0.29, 0.717) is 5.92 Å². The van der Waals surface area contributed by atoms with Crippen LogP contribution >= 0.6 is 0 Å². The maximum Gasteiger partial charge on any atom is 0.0953 e. The Morgan fingerprint density at radius 2 is 2.00 bits per heavy atom. The zero-order chi connectivity index (χ0) is 6.20. The summed E-state index contributed by atoms with van der Waals surface area (Å²) in [6.45, 7) is 4.10. The summed E-state index contributed by atoms with van der Waals surface area (Å²) < 4.78 is 12.1. The summed E-state index contributed by atoms with van der Waals surface area (Å²) in [4.78, 5) is 0. The van der Waals surface area contributed by atoms with Gasteiger partial charge in [0, 0.05) is 5.41 Å². The van der Waals surface area contributed by atoms with Crippen LogP contribution in [0.4, 0.5) is 4.39 Å². The van der Waals surface area contributed by atoms with E-state index in [1.54, 1.807) is 0 Å². The van der Waals surface area contributed by atoms with Gasteiger partial charge in [0.25, 0.3) is 0 Å². The highest BCUT2D eigenvalue weighted by molar-refractivity contribution is 4.94. The highest BCUT2D eigenvalue weighted by Gasteiger charge is 2.45. The molecule has 0 unspecified atom stereocenters. The Balaban J connectivity index is 2.41. The van der Waals surface area contributed by atoms with Gasteiger partial charge < -0.3 is 0 Å². The van der Waals surface area contributed by atoms with E-state index in [4.69, 9.17) is 0 Å². The Bertz CT molecular complexity index is 82.4. The normalized spacial score (nSPS) is 24.0. The van der Waals surface area contributed by atoms with Gasteiger partial charge in [-0.05, 0) is 18.8 Å². The Morgan fingerprint density at radius 1 is 1.50 bits per heavy atom. The van der Waals surface area contributed by atoms with Crippen LogP contribution in [-0.4, -0.2) is 6.67 Å². The fourth-order valence-corrected chi connectivity index (χ4v) is 1.03. The predicted octanol–water partition coefficient (Wildman–Crippen LogP) is 2.39. The van der Waals surface area contributed by atoms with Gasteiger partial charge in [0.15, 0.2) is 0 Å². The van der Waals surface area contributed by atoms with Crippen LogP contribution in [0.3, 0.4) is 0 Å². The molecule has 1 rings (SSSR count). The molecule has 0 aromatic rings. The Kier molecular flexibility index (Phi) is 1.30. The van der Waals surface area contributed by atoms with E-state index in [2.05, 4.69) is 13.8 Å². The summed E-state index contributed by atoms with van der Waals surface area (Å²) in [6, 6.07) is 0. The van der Waals surface area contributed by atoms with Gasteiger partial charge in [-0.1, -0.05) is 13.8 Å². The minimum Gasteiger partial charge on any atom is -0.250 e. The minimum atomic E-state index is -0.106. The predicted molar refractivity (Wildman–Crippen MR) is 32.5 cm³/mol. The molecule has 0 aromatic carbocycles. The maximum atomic E-state index is 12.1. The first-order valence-electron chi connectivity index (χ1n) is 3.27. The highest BCUT2D eigenvalue weighted by Crippen LogP contribution is 2.51. The summed E-state index contributed by atoms with van der Waals surface area (Å²) >= 11 is 0. The molecular weight excluding hydrogens is 103 g/mol. The molecule has 0 radical (unpaired) electrons. The van der Waals surface area contributed by atoms with Crippen molar-refractivity contribution < 1.29 is 4.39 Å². The van der Waals surface area contributed by atoms with E-state index in [-0.39, 0.29) is 12.1 Å². The van der Waals surface area contributed by atoms with Crippen LogP contribution < -0.4 is 0 Å². The third kappa shape index (κ3) is 0.743. The van der Waals surface area contributed by atoms with E-state index >= 15 is 0 Å². The smallest absolute Gasteiger partial charge is 0.0953 e. The molecule has 1 fully saturated rings. The molecule has 8 heavy (non-hydrogen) atoms. The van der Waals surface area contributed by atoms with Gasteiger partial charge >= 0.3 is 0 Å². The quantitative estimate of drug-likeness (QED) is 0.519. The number of hydrogen-bond acceptors (Lipinski definition) is 0. The van der Waals surface area contributed by atoms with Crippen LogP contribution in [0.15, 0.2) is 0 Å². The van der Waals surface area contributed by atoms with Gasteiger partial charge in [0.05, 0.1) is 6.67 Å². The lowest BCUT2D eigenvalue weighted by atomic mass is 9.94. The van der Waals surface area contributed by atoms with Gasteiger partial charge in [0.2, 0.25) is 0 Å². The van der Waals surface area contributed by atoms with Crippen LogP contribution in [0.1, 0.15) is 26.7 Å². The van der Waals surface area contributed by atoms with Crippen molar-refractivity contribution in [3.63, 3.8) is 0 Å². The molecule has 0 N–H and O–H groups in total. The van der Waals surface area contributed by atoms with E-state index in [1.165, 1.54) is 0 Å². The SMILES string of the molecule is CC(C)C1(CF)CC1. The third-order valence-electron chi connectivity index (χ3n) is 2.38. The molecule has 0 heterocycles. The molecule has 1 aliphatic rings. The molecule has 1 heteroatoms. The molecule has 0 atom stereocenters. The minimum absolute atomic E-state index is 0.106. The largest absolute Gasteiger partial charge is 0.250 e. The van der Waals surface area contributed by atoms with Crippen LogP contribution in [-0.2, 0) is 0 Å². The zero-order valence-electron chi connectivity index (χ0n) is 5.58. The summed E-state index contributed by atoms with van der Waals surface area (Å²) in [5, 5.41) is 0. The van der Waals surface area contributed by atoms with E-state index in [0.717, 1.165) is 12.8 Å². The Hall–Kier alpha value is -0.0700. The van der Waals surface area contributed by atoms with E-state index in [1.807, 2.05) is 0 Å². The van der Waals surface area contributed by atoms with Crippen molar-refractivity contribution in [3.05, 3.63) is 0 Å². The molecule has 1 saturated carbocycles. The van der Waals surface area contributed by atoms with Crippen LogP contribution in [0, 0.1) is 11.3 Å². The molecule has 0 spiro atoms. The first kappa shape index (κ1) is 6.06. The second-order valence-corrected chi connectivity index (χ2v) is 3.15. The first-order chi connectivity index (χ1) is 3.71. The lowest BCUT2D eigenvalue weighted by molar-refractivity contribution is 0.265. The second kappa shape index (κ2) is 1.71. The number of halogens is 1. The second-order valence-electron chi connectivity index (χ2n) is 3.15. The average molecular weight is 116 g/mol. The standard InChI is InChI=1S/C7H13F/c1-6(2)7(5-8)3-4-7/h6H,3-5H2,1-2H3. The van der Waals surface area contributed by atoms with Crippen molar-refractivity contribution in [3.8, 4) is 0 Å². The van der Waals surface area contributed by atoms with Crippen molar-refractivity contribution in [2.24, 2.45) is 11.3 Å². The highest BCUT2D eigenvalue weighted by atomic mass is 19.1. The lowest BCUT2D eigenvalue weighted by Crippen LogP contribution is -2.10. The molecular formula is C7H13F. The van der Waals surface area contributed by atoms with Crippen LogP contribution in [0.5, 0.6) is 0 Å². The van der Waals surface area contributed by atoms with Crippen molar-refractivity contribution in [1.82, 2.24) is 0 Å². The lowest BCUT2D eigenvalue weighted by Gasteiger charge is -2.13. The van der Waals surface area contributed by atoms with Gasteiger partial charge in [0.1, 0.15) is 0 Å². The van der Waals surface area contributed by atoms with Gasteiger partial charge in [-0.3, -0.25) is 4.39 Å². The molecule has 0 nitrogen and oxygen atoms in total. The Labute approximate surface area is 50.1 Å². The van der Waals surface area contributed by atoms with Crippen molar-refractivity contribution in [1.29, 1.82) is 0 Å². The summed E-state index contributed by atoms with van der Waals surface area (Å²) in [6.07, 6.45) is 2.22. The van der Waals surface area contributed by atoms with E-state index < -0.39 is 0 Å². The number of rotatable bonds is 2.